The molecule has 0 radical (unpaired) electrons. The van der Waals surface area contributed by atoms with Gasteiger partial charge in [-0.15, -0.1) is 11.3 Å². The Bertz CT molecular complexity index is 524. The first-order valence-corrected chi connectivity index (χ1v) is 5.25. The van der Waals surface area contributed by atoms with Crippen molar-refractivity contribution in [3.05, 3.63) is 34.7 Å². The molecule has 3 N–H and O–H groups in total. The van der Waals surface area contributed by atoms with Crippen LogP contribution >= 0.6 is 11.3 Å². The molecule has 0 fully saturated rings. The van der Waals surface area contributed by atoms with E-state index in [-0.39, 0.29) is 22.2 Å². The van der Waals surface area contributed by atoms with E-state index in [2.05, 4.69) is 4.98 Å². The van der Waals surface area contributed by atoms with Crippen molar-refractivity contribution >= 4 is 23.1 Å². The Morgan fingerprint density at radius 3 is 2.81 bits per heavy atom. The van der Waals surface area contributed by atoms with Crippen LogP contribution in [0.2, 0.25) is 0 Å². The van der Waals surface area contributed by atoms with Gasteiger partial charge in [-0.1, -0.05) is 12.1 Å². The molecule has 0 amide bonds. The highest BCUT2D eigenvalue weighted by Crippen LogP contribution is 2.26. The molecule has 2 aromatic rings. The number of para-hydroxylation sites is 2. The van der Waals surface area contributed by atoms with Gasteiger partial charge < -0.3 is 15.6 Å². The van der Waals surface area contributed by atoms with Crippen molar-refractivity contribution in [1.29, 1.82) is 0 Å². The Kier molecular flexibility index (Phi) is 2.74. The highest BCUT2D eigenvalue weighted by atomic mass is 32.1. The number of rotatable bonds is 2. The summed E-state index contributed by atoms with van der Waals surface area (Å²) in [6.45, 7) is 0. The third-order valence-corrected chi connectivity index (χ3v) is 2.67. The molecule has 0 unspecified atom stereocenters. The van der Waals surface area contributed by atoms with Crippen LogP contribution in [0.25, 0.3) is 0 Å². The van der Waals surface area contributed by atoms with Gasteiger partial charge >= 0.3 is 5.97 Å². The van der Waals surface area contributed by atoms with E-state index in [1.165, 1.54) is 17.6 Å². The predicted molar refractivity (Wildman–Crippen MR) is 59.6 cm³/mol. The van der Waals surface area contributed by atoms with Crippen LogP contribution < -0.4 is 10.5 Å². The fraction of sp³-hybridized carbons (Fsp3) is 0. The lowest BCUT2D eigenvalue weighted by Crippen LogP contribution is -2.09. The summed E-state index contributed by atoms with van der Waals surface area (Å²) in [4.78, 5) is 15.6. The molecule has 5 nitrogen and oxygen atoms in total. The highest BCUT2D eigenvalue weighted by Gasteiger charge is 2.16. The minimum Gasteiger partial charge on any atom is -0.504 e. The van der Waals surface area contributed by atoms with E-state index < -0.39 is 5.97 Å². The number of nitrogens with two attached hydrogens (primary N) is 1. The largest absolute Gasteiger partial charge is 0.504 e. The van der Waals surface area contributed by atoms with Crippen LogP contribution in [0.3, 0.4) is 0 Å². The first-order valence-electron chi connectivity index (χ1n) is 4.37. The van der Waals surface area contributed by atoms with E-state index in [1.807, 2.05) is 0 Å². The Morgan fingerprint density at radius 2 is 2.19 bits per heavy atom. The van der Waals surface area contributed by atoms with Gasteiger partial charge in [-0.25, -0.2) is 9.78 Å². The summed E-state index contributed by atoms with van der Waals surface area (Å²) < 4.78 is 4.97. The molecule has 0 spiro atoms. The molecule has 16 heavy (non-hydrogen) atoms. The van der Waals surface area contributed by atoms with Crippen LogP contribution in [0, 0.1) is 0 Å². The molecule has 0 bridgehead atoms. The van der Waals surface area contributed by atoms with Crippen molar-refractivity contribution < 1.29 is 14.6 Å². The number of carbonyl (C=O) groups is 1. The van der Waals surface area contributed by atoms with Crippen LogP contribution in [-0.2, 0) is 0 Å². The van der Waals surface area contributed by atoms with E-state index in [4.69, 9.17) is 10.5 Å². The topological polar surface area (TPSA) is 85.4 Å². The second-order valence-electron chi connectivity index (χ2n) is 2.92. The van der Waals surface area contributed by atoms with Gasteiger partial charge in [0.05, 0.1) is 5.51 Å². The Hall–Kier alpha value is -2.08. The van der Waals surface area contributed by atoms with Gasteiger partial charge in [-0.2, -0.15) is 0 Å². The Morgan fingerprint density at radius 1 is 1.44 bits per heavy atom. The second-order valence-corrected chi connectivity index (χ2v) is 3.78. The third kappa shape index (κ3) is 1.96. The quantitative estimate of drug-likeness (QED) is 0.611. The molecule has 0 saturated heterocycles. The molecular formula is C10H8N2O3S. The number of thiazole rings is 1. The minimum atomic E-state index is -0.624. The number of phenols is 1. The summed E-state index contributed by atoms with van der Waals surface area (Å²) in [5.74, 6) is -0.494. The number of phenolic OH excluding ortho intramolecular Hbond substituents is 1. The first-order chi connectivity index (χ1) is 7.68. The fourth-order valence-corrected chi connectivity index (χ4v) is 1.68. The van der Waals surface area contributed by atoms with Gasteiger partial charge in [0.15, 0.2) is 16.4 Å². The number of hydrogen-bond donors (Lipinski definition) is 2. The number of ether oxygens (including phenoxy) is 1. The van der Waals surface area contributed by atoms with Crippen LogP contribution in [0.4, 0.5) is 5.82 Å². The molecule has 0 aliphatic rings. The monoisotopic (exact) mass is 236 g/mol. The molecule has 0 saturated carbocycles. The van der Waals surface area contributed by atoms with E-state index in [9.17, 15) is 9.90 Å². The molecule has 1 aromatic heterocycles. The van der Waals surface area contributed by atoms with Crippen LogP contribution in [-0.4, -0.2) is 16.1 Å². The summed E-state index contributed by atoms with van der Waals surface area (Å²) in [7, 11) is 0. The lowest BCUT2D eigenvalue weighted by Gasteiger charge is -2.04. The third-order valence-electron chi connectivity index (χ3n) is 1.85. The number of nitrogen functional groups attached to an aromatic ring is 1. The molecule has 0 aliphatic heterocycles. The zero-order valence-electron chi connectivity index (χ0n) is 8.08. The number of aromatic nitrogens is 1. The van der Waals surface area contributed by atoms with E-state index in [0.717, 1.165) is 11.3 Å². The van der Waals surface area contributed by atoms with Crippen LogP contribution in [0.5, 0.6) is 11.5 Å². The number of aromatic hydroxyl groups is 1. The summed E-state index contributed by atoms with van der Waals surface area (Å²) in [5.41, 5.74) is 6.92. The van der Waals surface area contributed by atoms with Crippen LogP contribution in [0.15, 0.2) is 29.8 Å². The smallest absolute Gasteiger partial charge is 0.357 e. The van der Waals surface area contributed by atoms with Crippen molar-refractivity contribution in [1.82, 2.24) is 4.98 Å². The van der Waals surface area contributed by atoms with Crippen molar-refractivity contribution in [2.75, 3.05) is 5.73 Å². The zero-order chi connectivity index (χ0) is 11.5. The lowest BCUT2D eigenvalue weighted by molar-refractivity contribution is 0.0735. The van der Waals surface area contributed by atoms with Crippen molar-refractivity contribution in [2.24, 2.45) is 0 Å². The summed E-state index contributed by atoms with van der Waals surface area (Å²) in [5, 5.41) is 9.41. The number of esters is 1. The number of carbonyl (C=O) groups excluding carboxylic acids is 1. The maximum Gasteiger partial charge on any atom is 0.357 e. The molecule has 0 atom stereocenters. The molecule has 1 aromatic carbocycles. The van der Waals surface area contributed by atoms with E-state index >= 15 is 0 Å². The summed E-state index contributed by atoms with van der Waals surface area (Å²) in [6, 6.07) is 6.20. The number of hydrogen-bond acceptors (Lipinski definition) is 6. The van der Waals surface area contributed by atoms with Gasteiger partial charge in [0.1, 0.15) is 5.82 Å². The Labute approximate surface area is 95.1 Å². The Balaban J connectivity index is 2.21. The molecule has 82 valence electrons. The lowest BCUT2D eigenvalue weighted by atomic mass is 10.3. The standard InChI is InChI=1S/C10H8N2O3S/c11-9-8(16-5-12-9)10(14)15-7-4-2-1-3-6(7)13/h1-5,13H,11H2. The van der Waals surface area contributed by atoms with Crippen molar-refractivity contribution in [2.45, 2.75) is 0 Å². The number of benzene rings is 1. The normalized spacial score (nSPS) is 10.0. The summed E-state index contributed by atoms with van der Waals surface area (Å²) in [6.07, 6.45) is 0. The molecular weight excluding hydrogens is 228 g/mol. The molecule has 2 rings (SSSR count). The predicted octanol–water partition coefficient (Wildman–Crippen LogP) is 1.65. The SMILES string of the molecule is Nc1ncsc1C(=O)Oc1ccccc1O. The average molecular weight is 236 g/mol. The fourth-order valence-electron chi connectivity index (χ4n) is 1.10. The molecule has 1 heterocycles. The van der Waals surface area contributed by atoms with Gasteiger partial charge in [0, 0.05) is 0 Å². The number of nitrogens with zero attached hydrogens (tertiary/aromatic N) is 1. The minimum absolute atomic E-state index is 0.0975. The molecule has 0 aliphatic carbocycles. The van der Waals surface area contributed by atoms with Gasteiger partial charge in [0.25, 0.3) is 0 Å². The van der Waals surface area contributed by atoms with E-state index in [1.54, 1.807) is 12.1 Å². The van der Waals surface area contributed by atoms with Gasteiger partial charge in [0.2, 0.25) is 0 Å². The average Bonchev–Trinajstić information content (AvgIpc) is 2.68. The summed E-state index contributed by atoms with van der Waals surface area (Å²) >= 11 is 1.09. The maximum absolute atomic E-state index is 11.6. The highest BCUT2D eigenvalue weighted by molar-refractivity contribution is 7.12. The first kappa shape index (κ1) is 10.4. The van der Waals surface area contributed by atoms with Gasteiger partial charge in [-0.05, 0) is 12.1 Å². The molecule has 6 heteroatoms. The second kappa shape index (κ2) is 4.19. The van der Waals surface area contributed by atoms with E-state index in [0.29, 0.717) is 0 Å². The van der Waals surface area contributed by atoms with Crippen LogP contribution in [0.1, 0.15) is 9.67 Å². The van der Waals surface area contributed by atoms with Crippen molar-refractivity contribution in [3.8, 4) is 11.5 Å². The number of anilines is 1. The van der Waals surface area contributed by atoms with Crippen molar-refractivity contribution in [3.63, 3.8) is 0 Å². The maximum atomic E-state index is 11.6. The van der Waals surface area contributed by atoms with Gasteiger partial charge in [-0.3, -0.25) is 0 Å². The zero-order valence-corrected chi connectivity index (χ0v) is 8.90.